The maximum absolute atomic E-state index is 9.12. The lowest BCUT2D eigenvalue weighted by molar-refractivity contribution is 0.416. The standard InChI is InChI=1S/C15H17N3O/c1-4-11(9-16)15-17-10(2)14(18-15)12-7-5-6-8-13(12)19-3/h5-8,11H,4H2,1-3H3,(H,17,18). The maximum Gasteiger partial charge on any atom is 0.128 e. The molecule has 0 saturated carbocycles. The Hall–Kier alpha value is -2.28. The molecule has 1 unspecified atom stereocenters. The summed E-state index contributed by atoms with van der Waals surface area (Å²) in [6.07, 6.45) is 0.745. The quantitative estimate of drug-likeness (QED) is 0.910. The second-order valence-electron chi connectivity index (χ2n) is 4.39. The van der Waals surface area contributed by atoms with Gasteiger partial charge in [-0.1, -0.05) is 19.1 Å². The molecular weight excluding hydrogens is 238 g/mol. The monoisotopic (exact) mass is 255 g/mol. The molecule has 0 aliphatic carbocycles. The molecule has 1 atom stereocenters. The van der Waals surface area contributed by atoms with Crippen LogP contribution in [0.25, 0.3) is 11.3 Å². The number of H-pyrrole nitrogens is 1. The van der Waals surface area contributed by atoms with Gasteiger partial charge in [0.15, 0.2) is 0 Å². The van der Waals surface area contributed by atoms with E-state index in [1.165, 1.54) is 0 Å². The van der Waals surface area contributed by atoms with Gasteiger partial charge in [0, 0.05) is 11.3 Å². The molecule has 0 aliphatic rings. The van der Waals surface area contributed by atoms with E-state index < -0.39 is 0 Å². The molecule has 98 valence electrons. The number of nitriles is 1. The van der Waals surface area contributed by atoms with Gasteiger partial charge in [0.1, 0.15) is 17.5 Å². The highest BCUT2D eigenvalue weighted by molar-refractivity contribution is 5.69. The zero-order chi connectivity index (χ0) is 13.8. The number of aryl methyl sites for hydroxylation is 1. The number of ether oxygens (including phenoxy) is 1. The second kappa shape index (κ2) is 5.57. The van der Waals surface area contributed by atoms with Crippen LogP contribution in [-0.4, -0.2) is 17.1 Å². The average molecular weight is 255 g/mol. The highest BCUT2D eigenvalue weighted by Gasteiger charge is 2.17. The van der Waals surface area contributed by atoms with Gasteiger partial charge in [-0.05, 0) is 25.5 Å². The van der Waals surface area contributed by atoms with E-state index >= 15 is 0 Å². The van der Waals surface area contributed by atoms with E-state index in [1.54, 1.807) is 7.11 Å². The lowest BCUT2D eigenvalue weighted by atomic mass is 10.1. The predicted octanol–water partition coefficient (Wildman–Crippen LogP) is 3.41. The SMILES string of the molecule is CCC(C#N)c1nc(-c2ccccc2OC)c(C)[nH]1. The molecule has 1 heterocycles. The number of aromatic nitrogens is 2. The number of methoxy groups -OCH3 is 1. The van der Waals surface area contributed by atoms with Crippen molar-refractivity contribution >= 4 is 0 Å². The van der Waals surface area contributed by atoms with Gasteiger partial charge in [0.2, 0.25) is 0 Å². The molecule has 0 radical (unpaired) electrons. The Morgan fingerprint density at radius 2 is 2.16 bits per heavy atom. The van der Waals surface area contributed by atoms with Gasteiger partial charge in [0.05, 0.1) is 18.9 Å². The van der Waals surface area contributed by atoms with Crippen LogP contribution in [-0.2, 0) is 0 Å². The predicted molar refractivity (Wildman–Crippen MR) is 74.0 cm³/mol. The summed E-state index contributed by atoms with van der Waals surface area (Å²) in [4.78, 5) is 7.78. The van der Waals surface area contributed by atoms with Crippen LogP contribution < -0.4 is 4.74 Å². The van der Waals surface area contributed by atoms with Crippen molar-refractivity contribution in [2.75, 3.05) is 7.11 Å². The van der Waals surface area contributed by atoms with Crippen LogP contribution in [0.2, 0.25) is 0 Å². The lowest BCUT2D eigenvalue weighted by Crippen LogP contribution is -1.96. The van der Waals surface area contributed by atoms with Gasteiger partial charge >= 0.3 is 0 Å². The van der Waals surface area contributed by atoms with Crippen LogP contribution in [0.1, 0.15) is 30.8 Å². The van der Waals surface area contributed by atoms with Crippen LogP contribution >= 0.6 is 0 Å². The number of nitrogens with zero attached hydrogens (tertiary/aromatic N) is 2. The number of benzene rings is 1. The van der Waals surface area contributed by atoms with E-state index in [9.17, 15) is 0 Å². The lowest BCUT2D eigenvalue weighted by Gasteiger charge is -2.06. The zero-order valence-corrected chi connectivity index (χ0v) is 11.4. The first kappa shape index (κ1) is 13.2. The summed E-state index contributed by atoms with van der Waals surface area (Å²) < 4.78 is 5.36. The van der Waals surface area contributed by atoms with Crippen molar-refractivity contribution in [2.24, 2.45) is 0 Å². The summed E-state index contributed by atoms with van der Waals surface area (Å²) in [5, 5.41) is 9.12. The second-order valence-corrected chi connectivity index (χ2v) is 4.39. The molecule has 1 aromatic carbocycles. The number of hydrogen-bond donors (Lipinski definition) is 1. The van der Waals surface area contributed by atoms with Gasteiger partial charge in [-0.15, -0.1) is 0 Å². The molecule has 2 rings (SSSR count). The molecule has 0 amide bonds. The molecule has 4 nitrogen and oxygen atoms in total. The molecule has 0 bridgehead atoms. The van der Waals surface area contributed by atoms with Crippen molar-refractivity contribution < 1.29 is 4.74 Å². The minimum absolute atomic E-state index is 0.192. The summed E-state index contributed by atoms with van der Waals surface area (Å²) in [5.74, 6) is 1.32. The van der Waals surface area contributed by atoms with Crippen molar-refractivity contribution in [3.8, 4) is 23.1 Å². The Balaban J connectivity index is 2.49. The van der Waals surface area contributed by atoms with Crippen LogP contribution in [0.3, 0.4) is 0 Å². The summed E-state index contributed by atoms with van der Waals surface area (Å²) in [5.41, 5.74) is 2.74. The minimum Gasteiger partial charge on any atom is -0.496 e. The fourth-order valence-corrected chi connectivity index (χ4v) is 2.10. The molecule has 1 aromatic heterocycles. The Bertz CT molecular complexity index is 610. The van der Waals surface area contributed by atoms with Crippen molar-refractivity contribution in [1.29, 1.82) is 5.26 Å². The summed E-state index contributed by atoms with van der Waals surface area (Å²) in [7, 11) is 1.64. The molecule has 0 fully saturated rings. The molecular formula is C15H17N3O. The van der Waals surface area contributed by atoms with E-state index in [0.29, 0.717) is 0 Å². The first-order valence-corrected chi connectivity index (χ1v) is 6.30. The maximum atomic E-state index is 9.12. The Morgan fingerprint density at radius 1 is 1.42 bits per heavy atom. The third kappa shape index (κ3) is 2.45. The number of aromatic amines is 1. The van der Waals surface area contributed by atoms with E-state index in [-0.39, 0.29) is 5.92 Å². The molecule has 0 aliphatic heterocycles. The minimum atomic E-state index is -0.192. The highest BCUT2D eigenvalue weighted by atomic mass is 16.5. The average Bonchev–Trinajstić information content (AvgIpc) is 2.82. The van der Waals surface area contributed by atoms with Crippen molar-refractivity contribution in [1.82, 2.24) is 9.97 Å². The smallest absolute Gasteiger partial charge is 0.128 e. The topological polar surface area (TPSA) is 61.7 Å². The zero-order valence-electron chi connectivity index (χ0n) is 11.4. The van der Waals surface area contributed by atoms with E-state index in [0.717, 1.165) is 34.9 Å². The van der Waals surface area contributed by atoms with Crippen LogP contribution in [0.15, 0.2) is 24.3 Å². The van der Waals surface area contributed by atoms with E-state index in [4.69, 9.17) is 10.00 Å². The van der Waals surface area contributed by atoms with Crippen LogP contribution in [0, 0.1) is 18.3 Å². The number of imidazole rings is 1. The van der Waals surface area contributed by atoms with Crippen molar-refractivity contribution in [3.63, 3.8) is 0 Å². The number of nitrogens with one attached hydrogen (secondary N) is 1. The summed E-state index contributed by atoms with van der Waals surface area (Å²) in [6, 6.07) is 10.0. The fourth-order valence-electron chi connectivity index (χ4n) is 2.10. The van der Waals surface area contributed by atoms with Crippen LogP contribution in [0.5, 0.6) is 5.75 Å². The Labute approximate surface area is 113 Å². The number of rotatable bonds is 4. The number of hydrogen-bond acceptors (Lipinski definition) is 3. The van der Waals surface area contributed by atoms with Gasteiger partial charge < -0.3 is 9.72 Å². The van der Waals surface area contributed by atoms with E-state index in [2.05, 4.69) is 16.0 Å². The van der Waals surface area contributed by atoms with Gasteiger partial charge in [-0.3, -0.25) is 0 Å². The number of para-hydroxylation sites is 1. The third-order valence-electron chi connectivity index (χ3n) is 3.16. The molecule has 19 heavy (non-hydrogen) atoms. The van der Waals surface area contributed by atoms with Gasteiger partial charge in [-0.2, -0.15) is 5.26 Å². The normalized spacial score (nSPS) is 11.9. The Morgan fingerprint density at radius 3 is 2.79 bits per heavy atom. The summed E-state index contributed by atoms with van der Waals surface area (Å²) in [6.45, 7) is 3.94. The van der Waals surface area contributed by atoms with Crippen LogP contribution in [0.4, 0.5) is 0 Å². The van der Waals surface area contributed by atoms with Crippen molar-refractivity contribution in [2.45, 2.75) is 26.2 Å². The van der Waals surface area contributed by atoms with Crippen molar-refractivity contribution in [3.05, 3.63) is 35.8 Å². The Kier molecular flexibility index (Phi) is 3.86. The molecule has 2 aromatic rings. The highest BCUT2D eigenvalue weighted by Crippen LogP contribution is 2.31. The van der Waals surface area contributed by atoms with Gasteiger partial charge in [0.25, 0.3) is 0 Å². The van der Waals surface area contributed by atoms with Gasteiger partial charge in [-0.25, -0.2) is 4.98 Å². The fraction of sp³-hybridized carbons (Fsp3) is 0.333. The molecule has 4 heteroatoms. The first-order valence-electron chi connectivity index (χ1n) is 6.30. The molecule has 0 spiro atoms. The first-order chi connectivity index (χ1) is 9.21. The third-order valence-corrected chi connectivity index (χ3v) is 3.16. The molecule has 1 N–H and O–H groups in total. The largest absolute Gasteiger partial charge is 0.496 e. The van der Waals surface area contributed by atoms with E-state index in [1.807, 2.05) is 38.1 Å². The molecule has 0 saturated heterocycles. The summed E-state index contributed by atoms with van der Waals surface area (Å²) >= 11 is 0.